The average molecular weight is 289 g/mol. The molecule has 1 aromatic carbocycles. The number of rotatable bonds is 10. The minimum absolute atomic E-state index is 0.0565. The molecule has 118 valence electrons. The predicted octanol–water partition coefficient (Wildman–Crippen LogP) is 5.17. The van der Waals surface area contributed by atoms with Gasteiger partial charge in [-0.25, -0.2) is 0 Å². The summed E-state index contributed by atoms with van der Waals surface area (Å²) in [5, 5.41) is 3.02. The first kappa shape index (κ1) is 17.7. The van der Waals surface area contributed by atoms with Gasteiger partial charge in [0.2, 0.25) is 0 Å². The van der Waals surface area contributed by atoms with Crippen LogP contribution in [-0.4, -0.2) is 12.5 Å². The van der Waals surface area contributed by atoms with Crippen molar-refractivity contribution in [2.75, 3.05) is 6.54 Å². The highest BCUT2D eigenvalue weighted by molar-refractivity contribution is 5.94. The summed E-state index contributed by atoms with van der Waals surface area (Å²) in [7, 11) is 0. The lowest BCUT2D eigenvalue weighted by Crippen LogP contribution is -2.24. The Bertz CT molecular complexity index is 426. The van der Waals surface area contributed by atoms with Gasteiger partial charge in [0.15, 0.2) is 0 Å². The summed E-state index contributed by atoms with van der Waals surface area (Å²) in [6, 6.07) is 5.89. The van der Waals surface area contributed by atoms with E-state index in [1.54, 1.807) is 0 Å². The summed E-state index contributed by atoms with van der Waals surface area (Å²) in [5.41, 5.74) is 3.18. The molecule has 0 saturated carbocycles. The van der Waals surface area contributed by atoms with E-state index in [-0.39, 0.29) is 5.91 Å². The van der Waals surface area contributed by atoms with Gasteiger partial charge in [0.05, 0.1) is 0 Å². The zero-order chi connectivity index (χ0) is 15.5. The van der Waals surface area contributed by atoms with Gasteiger partial charge in [0.1, 0.15) is 0 Å². The lowest BCUT2D eigenvalue weighted by Gasteiger charge is -2.07. The number of benzene rings is 1. The standard InChI is InChI=1S/C19H31NO/c1-4-5-6-7-8-9-10-11-14-20-19(21)18-13-12-16(2)17(3)15-18/h12-13,15H,4-11,14H2,1-3H3,(H,20,21). The monoisotopic (exact) mass is 289 g/mol. The van der Waals surface area contributed by atoms with Crippen molar-refractivity contribution in [3.8, 4) is 0 Å². The van der Waals surface area contributed by atoms with Crippen molar-refractivity contribution in [3.05, 3.63) is 34.9 Å². The van der Waals surface area contributed by atoms with Crippen LogP contribution in [0.25, 0.3) is 0 Å². The highest BCUT2D eigenvalue weighted by Gasteiger charge is 2.05. The van der Waals surface area contributed by atoms with E-state index in [2.05, 4.69) is 19.2 Å². The largest absolute Gasteiger partial charge is 0.352 e. The maximum atomic E-state index is 12.0. The van der Waals surface area contributed by atoms with Crippen LogP contribution < -0.4 is 5.32 Å². The number of carbonyl (C=O) groups excluding carboxylic acids is 1. The molecule has 0 aromatic heterocycles. The Morgan fingerprint density at radius 2 is 1.52 bits per heavy atom. The van der Waals surface area contributed by atoms with Gasteiger partial charge in [0, 0.05) is 12.1 Å². The maximum absolute atomic E-state index is 12.0. The molecule has 1 amide bonds. The third kappa shape index (κ3) is 7.31. The Labute approximate surface area is 130 Å². The van der Waals surface area contributed by atoms with E-state index in [1.165, 1.54) is 56.1 Å². The molecule has 0 spiro atoms. The molecular formula is C19H31NO. The number of carbonyl (C=O) groups is 1. The van der Waals surface area contributed by atoms with E-state index in [0.29, 0.717) is 0 Å². The fourth-order valence-corrected chi connectivity index (χ4v) is 2.45. The molecule has 1 rings (SSSR count). The molecule has 0 aliphatic heterocycles. The molecule has 1 N–H and O–H groups in total. The Balaban J connectivity index is 2.09. The quantitative estimate of drug-likeness (QED) is 0.591. The molecule has 0 aliphatic rings. The van der Waals surface area contributed by atoms with Gasteiger partial charge in [-0.2, -0.15) is 0 Å². The Morgan fingerprint density at radius 1 is 0.905 bits per heavy atom. The van der Waals surface area contributed by atoms with Crippen molar-refractivity contribution < 1.29 is 4.79 Å². The van der Waals surface area contributed by atoms with Crippen LogP contribution in [0.5, 0.6) is 0 Å². The van der Waals surface area contributed by atoms with Crippen molar-refractivity contribution >= 4 is 5.91 Å². The van der Waals surface area contributed by atoms with Crippen molar-refractivity contribution in [2.24, 2.45) is 0 Å². The SMILES string of the molecule is CCCCCCCCCCNC(=O)c1ccc(C)c(C)c1. The van der Waals surface area contributed by atoms with Crippen LogP contribution in [0.4, 0.5) is 0 Å². The zero-order valence-electron chi connectivity index (χ0n) is 14.0. The van der Waals surface area contributed by atoms with E-state index >= 15 is 0 Å². The van der Waals surface area contributed by atoms with Crippen LogP contribution in [0.15, 0.2) is 18.2 Å². The van der Waals surface area contributed by atoms with Gasteiger partial charge >= 0.3 is 0 Å². The zero-order valence-corrected chi connectivity index (χ0v) is 14.0. The lowest BCUT2D eigenvalue weighted by molar-refractivity contribution is 0.0953. The first-order chi connectivity index (χ1) is 10.1. The highest BCUT2D eigenvalue weighted by atomic mass is 16.1. The molecule has 0 radical (unpaired) electrons. The van der Waals surface area contributed by atoms with E-state index in [4.69, 9.17) is 0 Å². The summed E-state index contributed by atoms with van der Waals surface area (Å²) >= 11 is 0. The molecule has 0 bridgehead atoms. The second-order valence-electron chi connectivity index (χ2n) is 6.03. The summed E-state index contributed by atoms with van der Waals surface area (Å²) in [6.07, 6.45) is 10.4. The summed E-state index contributed by atoms with van der Waals surface area (Å²) in [4.78, 5) is 12.0. The lowest BCUT2D eigenvalue weighted by atomic mass is 10.1. The third-order valence-electron chi connectivity index (χ3n) is 4.08. The average Bonchev–Trinajstić information content (AvgIpc) is 2.48. The topological polar surface area (TPSA) is 29.1 Å². The van der Waals surface area contributed by atoms with Gasteiger partial charge in [-0.15, -0.1) is 0 Å². The molecule has 2 nitrogen and oxygen atoms in total. The summed E-state index contributed by atoms with van der Waals surface area (Å²) in [5.74, 6) is 0.0565. The van der Waals surface area contributed by atoms with E-state index < -0.39 is 0 Å². The molecule has 0 saturated heterocycles. The van der Waals surface area contributed by atoms with Crippen LogP contribution >= 0.6 is 0 Å². The van der Waals surface area contributed by atoms with Gasteiger partial charge in [0.25, 0.3) is 5.91 Å². The van der Waals surface area contributed by atoms with Crippen molar-refractivity contribution in [3.63, 3.8) is 0 Å². The maximum Gasteiger partial charge on any atom is 0.251 e. The van der Waals surface area contributed by atoms with Gasteiger partial charge in [-0.3, -0.25) is 4.79 Å². The number of amides is 1. The van der Waals surface area contributed by atoms with Gasteiger partial charge < -0.3 is 5.32 Å². The minimum atomic E-state index is 0.0565. The molecule has 21 heavy (non-hydrogen) atoms. The van der Waals surface area contributed by atoms with Crippen molar-refractivity contribution in [1.29, 1.82) is 0 Å². The van der Waals surface area contributed by atoms with Crippen LogP contribution in [0.2, 0.25) is 0 Å². The molecule has 0 aliphatic carbocycles. The van der Waals surface area contributed by atoms with Gasteiger partial charge in [-0.05, 0) is 43.5 Å². The van der Waals surface area contributed by atoms with Crippen LogP contribution in [0.3, 0.4) is 0 Å². The second-order valence-corrected chi connectivity index (χ2v) is 6.03. The molecule has 2 heteroatoms. The molecular weight excluding hydrogens is 258 g/mol. The van der Waals surface area contributed by atoms with Crippen LogP contribution in [0, 0.1) is 13.8 Å². The Hall–Kier alpha value is -1.31. The number of hydrogen-bond acceptors (Lipinski definition) is 1. The fraction of sp³-hybridized carbons (Fsp3) is 0.632. The number of unbranched alkanes of at least 4 members (excludes halogenated alkanes) is 7. The molecule has 1 aromatic rings. The van der Waals surface area contributed by atoms with Crippen LogP contribution in [-0.2, 0) is 0 Å². The Morgan fingerprint density at radius 3 is 2.14 bits per heavy atom. The minimum Gasteiger partial charge on any atom is -0.352 e. The van der Waals surface area contributed by atoms with Crippen molar-refractivity contribution in [2.45, 2.75) is 72.1 Å². The Kier molecular flexibility index (Phi) is 8.80. The van der Waals surface area contributed by atoms with Crippen LogP contribution in [0.1, 0.15) is 79.8 Å². The highest BCUT2D eigenvalue weighted by Crippen LogP contribution is 2.10. The van der Waals surface area contributed by atoms with E-state index in [9.17, 15) is 4.79 Å². The molecule has 0 atom stereocenters. The number of hydrogen-bond donors (Lipinski definition) is 1. The molecule has 0 fully saturated rings. The third-order valence-corrected chi connectivity index (χ3v) is 4.08. The second kappa shape index (κ2) is 10.4. The fourth-order valence-electron chi connectivity index (χ4n) is 2.45. The number of aryl methyl sites for hydroxylation is 2. The number of nitrogens with one attached hydrogen (secondary N) is 1. The molecule has 0 unspecified atom stereocenters. The van der Waals surface area contributed by atoms with E-state index in [0.717, 1.165) is 18.5 Å². The summed E-state index contributed by atoms with van der Waals surface area (Å²) < 4.78 is 0. The summed E-state index contributed by atoms with van der Waals surface area (Å²) in [6.45, 7) is 7.15. The first-order valence-corrected chi connectivity index (χ1v) is 8.50. The predicted molar refractivity (Wildman–Crippen MR) is 90.9 cm³/mol. The molecule has 0 heterocycles. The smallest absolute Gasteiger partial charge is 0.251 e. The van der Waals surface area contributed by atoms with Crippen molar-refractivity contribution in [1.82, 2.24) is 5.32 Å². The first-order valence-electron chi connectivity index (χ1n) is 8.50. The van der Waals surface area contributed by atoms with E-state index in [1.807, 2.05) is 25.1 Å². The van der Waals surface area contributed by atoms with Gasteiger partial charge in [-0.1, -0.05) is 57.9 Å². The normalized spacial score (nSPS) is 10.6.